The number of halogens is 1. The second-order valence-corrected chi connectivity index (χ2v) is 7.59. The summed E-state index contributed by atoms with van der Waals surface area (Å²) in [4.78, 5) is 27.3. The van der Waals surface area contributed by atoms with Gasteiger partial charge in [-0.3, -0.25) is 9.59 Å². The van der Waals surface area contributed by atoms with Gasteiger partial charge < -0.3 is 29.0 Å². The summed E-state index contributed by atoms with van der Waals surface area (Å²) in [6.45, 7) is 2.62. The minimum Gasteiger partial charge on any atom is -0.507 e. The lowest BCUT2D eigenvalue weighted by Gasteiger charge is -2.25. The molecule has 1 heterocycles. The van der Waals surface area contributed by atoms with E-state index in [1.54, 1.807) is 30.3 Å². The van der Waals surface area contributed by atoms with Crippen molar-refractivity contribution in [2.75, 3.05) is 41.1 Å². The summed E-state index contributed by atoms with van der Waals surface area (Å²) < 4.78 is 21.2. The molecule has 1 amide bonds. The maximum Gasteiger partial charge on any atom is 0.295 e. The second kappa shape index (κ2) is 10.6. The Morgan fingerprint density at radius 3 is 2.33 bits per heavy atom. The standard InChI is InChI=1S/C24H26ClNO7/c1-5-33-17-8-7-15(12-16(17)25)22(27)20-21(26(10-11-30-2)24(29)23(20)28)14-6-9-18(31-3)19(13-14)32-4/h6-9,12-13,21,27H,5,10-11H2,1-4H3/t21-/m0/s1. The fourth-order valence-electron chi connectivity index (χ4n) is 3.75. The monoisotopic (exact) mass is 475 g/mol. The van der Waals surface area contributed by atoms with Gasteiger partial charge in [-0.15, -0.1) is 0 Å². The van der Waals surface area contributed by atoms with Gasteiger partial charge >= 0.3 is 0 Å². The summed E-state index contributed by atoms with van der Waals surface area (Å²) in [6, 6.07) is 8.90. The lowest BCUT2D eigenvalue weighted by atomic mass is 9.95. The van der Waals surface area contributed by atoms with Gasteiger partial charge in [-0.25, -0.2) is 0 Å². The Morgan fingerprint density at radius 1 is 1.03 bits per heavy atom. The summed E-state index contributed by atoms with van der Waals surface area (Å²) in [7, 11) is 4.51. The quantitative estimate of drug-likeness (QED) is 0.334. The zero-order valence-corrected chi connectivity index (χ0v) is 19.6. The number of aliphatic hydroxyl groups is 1. The average molecular weight is 476 g/mol. The van der Waals surface area contributed by atoms with Crippen LogP contribution in [0.1, 0.15) is 24.1 Å². The molecule has 1 atom stereocenters. The molecule has 0 radical (unpaired) electrons. The highest BCUT2D eigenvalue weighted by Crippen LogP contribution is 2.42. The van der Waals surface area contributed by atoms with Crippen LogP contribution in [-0.4, -0.2) is 62.8 Å². The van der Waals surface area contributed by atoms with E-state index in [1.807, 2.05) is 6.92 Å². The largest absolute Gasteiger partial charge is 0.507 e. The number of ether oxygens (including phenoxy) is 4. The van der Waals surface area contributed by atoms with Gasteiger partial charge in [0.2, 0.25) is 0 Å². The van der Waals surface area contributed by atoms with E-state index < -0.39 is 17.7 Å². The zero-order valence-electron chi connectivity index (χ0n) is 18.9. The van der Waals surface area contributed by atoms with E-state index in [4.69, 9.17) is 30.5 Å². The fourth-order valence-corrected chi connectivity index (χ4v) is 3.98. The Bertz CT molecular complexity index is 1080. The molecular formula is C24H26ClNO7. The Balaban J connectivity index is 2.17. The average Bonchev–Trinajstić information content (AvgIpc) is 3.07. The summed E-state index contributed by atoms with van der Waals surface area (Å²) >= 11 is 6.28. The maximum absolute atomic E-state index is 13.0. The van der Waals surface area contributed by atoms with Crippen molar-refractivity contribution in [2.24, 2.45) is 0 Å². The van der Waals surface area contributed by atoms with Gasteiger partial charge in [0.1, 0.15) is 11.5 Å². The van der Waals surface area contributed by atoms with Crippen LogP contribution in [0.2, 0.25) is 5.02 Å². The van der Waals surface area contributed by atoms with Gasteiger partial charge in [-0.1, -0.05) is 17.7 Å². The van der Waals surface area contributed by atoms with Crippen LogP contribution < -0.4 is 14.2 Å². The number of aliphatic hydroxyl groups excluding tert-OH is 1. The molecule has 0 spiro atoms. The number of carbonyl (C=O) groups is 2. The number of Topliss-reactive ketones (excluding diaryl/α,β-unsaturated/α-hetero) is 1. The normalized spacial score (nSPS) is 17.4. The molecule has 1 N–H and O–H groups in total. The zero-order chi connectivity index (χ0) is 24.1. The third-order valence-electron chi connectivity index (χ3n) is 5.30. The lowest BCUT2D eigenvalue weighted by molar-refractivity contribution is -0.140. The number of amides is 1. The van der Waals surface area contributed by atoms with Gasteiger partial charge in [-0.2, -0.15) is 0 Å². The van der Waals surface area contributed by atoms with Crippen molar-refractivity contribution in [3.63, 3.8) is 0 Å². The Hall–Kier alpha value is -3.23. The SMILES string of the molecule is CCOc1ccc(C(O)=C2C(=O)C(=O)N(CCOC)[C@H]2c2ccc(OC)c(OC)c2)cc1Cl. The van der Waals surface area contributed by atoms with Crippen LogP contribution in [0.25, 0.3) is 5.76 Å². The van der Waals surface area contributed by atoms with Crippen molar-refractivity contribution >= 4 is 29.1 Å². The predicted octanol–water partition coefficient (Wildman–Crippen LogP) is 3.82. The van der Waals surface area contributed by atoms with Crippen molar-refractivity contribution in [3.05, 3.63) is 58.1 Å². The van der Waals surface area contributed by atoms with E-state index in [-0.39, 0.29) is 29.5 Å². The molecule has 1 aliphatic rings. The summed E-state index contributed by atoms with van der Waals surface area (Å²) in [5.41, 5.74) is 0.809. The number of hydrogen-bond donors (Lipinski definition) is 1. The van der Waals surface area contributed by atoms with E-state index in [0.717, 1.165) is 0 Å². The van der Waals surface area contributed by atoms with Gasteiger partial charge in [0.25, 0.3) is 11.7 Å². The molecule has 8 nitrogen and oxygen atoms in total. The number of benzene rings is 2. The molecule has 0 aromatic heterocycles. The Labute approximate surface area is 197 Å². The fraction of sp³-hybridized carbons (Fsp3) is 0.333. The van der Waals surface area contributed by atoms with Crippen LogP contribution in [0, 0.1) is 0 Å². The molecule has 0 aliphatic carbocycles. The molecule has 2 aromatic carbocycles. The third-order valence-corrected chi connectivity index (χ3v) is 5.60. The first kappa shape index (κ1) is 24.4. The van der Waals surface area contributed by atoms with Gasteiger partial charge in [0, 0.05) is 19.2 Å². The van der Waals surface area contributed by atoms with Crippen LogP contribution in [0.5, 0.6) is 17.2 Å². The number of nitrogens with zero attached hydrogens (tertiary/aromatic N) is 1. The van der Waals surface area contributed by atoms with Crippen molar-refractivity contribution in [1.29, 1.82) is 0 Å². The molecule has 176 valence electrons. The van der Waals surface area contributed by atoms with E-state index >= 15 is 0 Å². The smallest absolute Gasteiger partial charge is 0.295 e. The van der Waals surface area contributed by atoms with Crippen LogP contribution >= 0.6 is 11.6 Å². The molecule has 1 saturated heterocycles. The first-order valence-electron chi connectivity index (χ1n) is 10.3. The van der Waals surface area contributed by atoms with Crippen LogP contribution in [0.3, 0.4) is 0 Å². The molecule has 2 aromatic rings. The molecule has 9 heteroatoms. The van der Waals surface area contributed by atoms with Gasteiger partial charge in [0.05, 0.1) is 44.1 Å². The first-order chi connectivity index (χ1) is 15.9. The van der Waals surface area contributed by atoms with E-state index in [1.165, 1.54) is 32.3 Å². The number of methoxy groups -OCH3 is 3. The molecular weight excluding hydrogens is 450 g/mol. The topological polar surface area (TPSA) is 94.5 Å². The van der Waals surface area contributed by atoms with Crippen LogP contribution in [-0.2, 0) is 14.3 Å². The highest BCUT2D eigenvalue weighted by Gasteiger charge is 2.46. The number of likely N-dealkylation sites (tertiary alicyclic amines) is 1. The lowest BCUT2D eigenvalue weighted by Crippen LogP contribution is -2.32. The summed E-state index contributed by atoms with van der Waals surface area (Å²) in [5.74, 6) is -0.491. The number of carbonyl (C=O) groups excluding carboxylic acids is 2. The predicted molar refractivity (Wildman–Crippen MR) is 123 cm³/mol. The van der Waals surface area contributed by atoms with Gasteiger partial charge in [0.15, 0.2) is 11.5 Å². The van der Waals surface area contributed by atoms with Crippen LogP contribution in [0.4, 0.5) is 0 Å². The minimum atomic E-state index is -0.856. The van der Waals surface area contributed by atoms with Crippen LogP contribution in [0.15, 0.2) is 42.0 Å². The van der Waals surface area contributed by atoms with Crippen molar-refractivity contribution in [1.82, 2.24) is 4.90 Å². The number of ketones is 1. The number of rotatable bonds is 9. The maximum atomic E-state index is 13.0. The second-order valence-electron chi connectivity index (χ2n) is 7.18. The van der Waals surface area contributed by atoms with E-state index in [0.29, 0.717) is 35.0 Å². The molecule has 0 saturated carbocycles. The molecule has 33 heavy (non-hydrogen) atoms. The summed E-state index contributed by atoms with van der Waals surface area (Å²) in [6.07, 6.45) is 0. The Morgan fingerprint density at radius 2 is 1.73 bits per heavy atom. The highest BCUT2D eigenvalue weighted by atomic mass is 35.5. The molecule has 1 aliphatic heterocycles. The first-order valence-corrected chi connectivity index (χ1v) is 10.7. The van der Waals surface area contributed by atoms with Gasteiger partial charge in [-0.05, 0) is 42.8 Å². The van der Waals surface area contributed by atoms with E-state index in [9.17, 15) is 14.7 Å². The van der Waals surface area contributed by atoms with Crippen molar-refractivity contribution < 1.29 is 33.6 Å². The highest BCUT2D eigenvalue weighted by molar-refractivity contribution is 6.46. The third kappa shape index (κ3) is 4.77. The molecule has 0 bridgehead atoms. The number of hydrogen-bond acceptors (Lipinski definition) is 7. The van der Waals surface area contributed by atoms with E-state index in [2.05, 4.69) is 0 Å². The Kier molecular flexibility index (Phi) is 7.84. The molecule has 3 rings (SSSR count). The summed E-state index contributed by atoms with van der Waals surface area (Å²) in [5, 5.41) is 11.4. The van der Waals surface area contributed by atoms with Crippen molar-refractivity contribution in [2.45, 2.75) is 13.0 Å². The van der Waals surface area contributed by atoms with Crippen molar-refractivity contribution in [3.8, 4) is 17.2 Å². The molecule has 0 unspecified atom stereocenters. The molecule has 1 fully saturated rings. The minimum absolute atomic E-state index is 0.0523.